The van der Waals surface area contributed by atoms with Crippen LogP contribution in [-0.2, 0) is 6.42 Å². The van der Waals surface area contributed by atoms with Gasteiger partial charge in [-0.15, -0.1) is 11.3 Å². The van der Waals surface area contributed by atoms with Crippen LogP contribution < -0.4 is 0 Å². The molecule has 0 amide bonds. The lowest BCUT2D eigenvalue weighted by atomic mass is 10.1. The fraction of sp³-hybridized carbons (Fsp3) is 0.231. The van der Waals surface area contributed by atoms with E-state index < -0.39 is 11.6 Å². The number of rotatable bonds is 3. The van der Waals surface area contributed by atoms with Gasteiger partial charge in [0.25, 0.3) is 0 Å². The number of carbonyl (C=O) groups is 1. The lowest BCUT2D eigenvalue weighted by molar-refractivity contribution is 0.0989. The summed E-state index contributed by atoms with van der Waals surface area (Å²) in [7, 11) is 0. The van der Waals surface area contributed by atoms with E-state index in [1.807, 2.05) is 13.8 Å². The molecule has 1 aromatic heterocycles. The highest BCUT2D eigenvalue weighted by molar-refractivity contribution is 7.11. The molecule has 0 aliphatic rings. The van der Waals surface area contributed by atoms with Crippen LogP contribution in [0.25, 0.3) is 0 Å². The number of ketones is 1. The second-order valence-corrected chi connectivity index (χ2v) is 5.26. The number of thiazole rings is 1. The molecule has 2 aromatic rings. The zero-order valence-electron chi connectivity index (χ0n) is 9.96. The van der Waals surface area contributed by atoms with Crippen LogP contribution >= 0.6 is 11.3 Å². The maximum atomic E-state index is 13.4. The van der Waals surface area contributed by atoms with Gasteiger partial charge in [-0.1, -0.05) is 0 Å². The van der Waals surface area contributed by atoms with Crippen LogP contribution in [0.15, 0.2) is 18.2 Å². The number of hydrogen-bond donors (Lipinski definition) is 0. The highest BCUT2D eigenvalue weighted by Gasteiger charge is 2.15. The Bertz CT molecular complexity index is 588. The average Bonchev–Trinajstić information content (AvgIpc) is 2.57. The molecule has 0 unspecified atom stereocenters. The van der Waals surface area contributed by atoms with Crippen molar-refractivity contribution in [1.29, 1.82) is 0 Å². The van der Waals surface area contributed by atoms with Crippen LogP contribution in [0.3, 0.4) is 0 Å². The topological polar surface area (TPSA) is 30.0 Å². The second kappa shape index (κ2) is 4.94. The minimum absolute atomic E-state index is 0.0436. The van der Waals surface area contributed by atoms with Gasteiger partial charge in [-0.25, -0.2) is 13.8 Å². The zero-order chi connectivity index (χ0) is 13.3. The molecule has 2 nitrogen and oxygen atoms in total. The predicted molar refractivity (Wildman–Crippen MR) is 66.0 cm³/mol. The third kappa shape index (κ3) is 2.61. The molecule has 2 rings (SSSR count). The molecule has 0 radical (unpaired) electrons. The van der Waals surface area contributed by atoms with Crippen LogP contribution in [0.5, 0.6) is 0 Å². The van der Waals surface area contributed by atoms with E-state index in [2.05, 4.69) is 4.98 Å². The quantitative estimate of drug-likeness (QED) is 0.797. The van der Waals surface area contributed by atoms with Crippen LogP contribution in [0.1, 0.15) is 25.9 Å². The van der Waals surface area contributed by atoms with E-state index in [-0.39, 0.29) is 17.8 Å². The SMILES string of the molecule is Cc1nc(CC(=O)c2ccc(F)cc2F)sc1C. The van der Waals surface area contributed by atoms with Gasteiger partial charge in [-0.3, -0.25) is 4.79 Å². The Morgan fingerprint density at radius 1 is 1.33 bits per heavy atom. The van der Waals surface area contributed by atoms with Gasteiger partial charge in [0.15, 0.2) is 5.78 Å². The smallest absolute Gasteiger partial charge is 0.172 e. The lowest BCUT2D eigenvalue weighted by Crippen LogP contribution is -2.06. The van der Waals surface area contributed by atoms with Crippen LogP contribution in [0.4, 0.5) is 8.78 Å². The van der Waals surface area contributed by atoms with Gasteiger partial charge in [0, 0.05) is 10.9 Å². The Labute approximate surface area is 107 Å². The summed E-state index contributed by atoms with van der Waals surface area (Å²) < 4.78 is 26.1. The minimum Gasteiger partial charge on any atom is -0.294 e. The molecule has 0 atom stereocenters. The molecule has 5 heteroatoms. The lowest BCUT2D eigenvalue weighted by Gasteiger charge is -2.00. The number of aromatic nitrogens is 1. The highest BCUT2D eigenvalue weighted by Crippen LogP contribution is 2.19. The number of Topliss-reactive ketones (excluding diaryl/α,β-unsaturated/α-hetero) is 1. The number of aryl methyl sites for hydroxylation is 2. The normalized spacial score (nSPS) is 10.7. The summed E-state index contributed by atoms with van der Waals surface area (Å²) in [6.07, 6.45) is 0.0436. The molecule has 0 spiro atoms. The highest BCUT2D eigenvalue weighted by atomic mass is 32.1. The Balaban J connectivity index is 2.22. The summed E-state index contributed by atoms with van der Waals surface area (Å²) in [5.74, 6) is -1.91. The van der Waals surface area contributed by atoms with Gasteiger partial charge < -0.3 is 0 Å². The summed E-state index contributed by atoms with van der Waals surface area (Å²) in [6.45, 7) is 3.78. The maximum absolute atomic E-state index is 13.4. The molecular weight excluding hydrogens is 256 g/mol. The molecule has 0 N–H and O–H groups in total. The number of hydrogen-bond acceptors (Lipinski definition) is 3. The molecule has 0 aliphatic carbocycles. The molecule has 1 aromatic carbocycles. The molecule has 0 saturated heterocycles. The van der Waals surface area contributed by atoms with Crippen molar-refractivity contribution in [3.8, 4) is 0 Å². The van der Waals surface area contributed by atoms with Gasteiger partial charge in [-0.2, -0.15) is 0 Å². The summed E-state index contributed by atoms with van der Waals surface area (Å²) >= 11 is 1.42. The third-order valence-electron chi connectivity index (χ3n) is 2.62. The maximum Gasteiger partial charge on any atom is 0.172 e. The van der Waals surface area contributed by atoms with Crippen LogP contribution in [0.2, 0.25) is 0 Å². The number of halogens is 2. The third-order valence-corrected chi connectivity index (χ3v) is 3.69. The van der Waals surface area contributed by atoms with E-state index in [0.717, 1.165) is 16.6 Å². The molecular formula is C13H11F2NOS. The first-order valence-electron chi connectivity index (χ1n) is 5.38. The van der Waals surface area contributed by atoms with Crippen molar-refractivity contribution in [3.05, 3.63) is 51.0 Å². The first kappa shape index (κ1) is 12.8. The van der Waals surface area contributed by atoms with Crippen molar-refractivity contribution in [1.82, 2.24) is 4.98 Å². The second-order valence-electron chi connectivity index (χ2n) is 3.97. The Morgan fingerprint density at radius 2 is 2.06 bits per heavy atom. The molecule has 94 valence electrons. The first-order chi connectivity index (χ1) is 8.47. The van der Waals surface area contributed by atoms with Crippen molar-refractivity contribution < 1.29 is 13.6 Å². The molecule has 18 heavy (non-hydrogen) atoms. The van der Waals surface area contributed by atoms with Gasteiger partial charge in [0.05, 0.1) is 17.7 Å². The average molecular weight is 267 g/mol. The van der Waals surface area contributed by atoms with Crippen molar-refractivity contribution in [2.75, 3.05) is 0 Å². The fourth-order valence-electron chi connectivity index (χ4n) is 1.56. The summed E-state index contributed by atoms with van der Waals surface area (Å²) in [5, 5.41) is 0.652. The first-order valence-corrected chi connectivity index (χ1v) is 6.20. The van der Waals surface area contributed by atoms with Crippen molar-refractivity contribution >= 4 is 17.1 Å². The van der Waals surface area contributed by atoms with Crippen molar-refractivity contribution in [2.24, 2.45) is 0 Å². The Kier molecular flexibility index (Phi) is 3.52. The number of nitrogens with zero attached hydrogens (tertiary/aromatic N) is 1. The van der Waals surface area contributed by atoms with E-state index in [0.29, 0.717) is 11.1 Å². The summed E-state index contributed by atoms with van der Waals surface area (Å²) in [4.78, 5) is 17.1. The molecule has 0 fully saturated rings. The Morgan fingerprint density at radius 3 is 2.61 bits per heavy atom. The Hall–Kier alpha value is -1.62. The zero-order valence-corrected chi connectivity index (χ0v) is 10.8. The van der Waals surface area contributed by atoms with E-state index in [4.69, 9.17) is 0 Å². The number of carbonyl (C=O) groups excluding carboxylic acids is 1. The van der Waals surface area contributed by atoms with Gasteiger partial charge in [0.1, 0.15) is 16.6 Å². The van der Waals surface area contributed by atoms with E-state index in [9.17, 15) is 13.6 Å². The van der Waals surface area contributed by atoms with E-state index in [1.165, 1.54) is 17.4 Å². The van der Waals surface area contributed by atoms with Gasteiger partial charge >= 0.3 is 0 Å². The van der Waals surface area contributed by atoms with Crippen LogP contribution in [0, 0.1) is 25.5 Å². The fourth-order valence-corrected chi connectivity index (χ4v) is 2.50. The van der Waals surface area contributed by atoms with Crippen LogP contribution in [-0.4, -0.2) is 10.8 Å². The molecule has 0 aliphatic heterocycles. The monoisotopic (exact) mass is 267 g/mol. The predicted octanol–water partition coefficient (Wildman–Crippen LogP) is 3.46. The summed E-state index contributed by atoms with van der Waals surface area (Å²) in [5.41, 5.74) is 0.782. The molecule has 1 heterocycles. The largest absolute Gasteiger partial charge is 0.294 e. The number of benzene rings is 1. The van der Waals surface area contributed by atoms with Gasteiger partial charge in [0.2, 0.25) is 0 Å². The van der Waals surface area contributed by atoms with Gasteiger partial charge in [-0.05, 0) is 26.0 Å². The van der Waals surface area contributed by atoms with E-state index in [1.54, 1.807) is 0 Å². The minimum atomic E-state index is -0.829. The van der Waals surface area contributed by atoms with Crippen molar-refractivity contribution in [3.63, 3.8) is 0 Å². The van der Waals surface area contributed by atoms with Crippen molar-refractivity contribution in [2.45, 2.75) is 20.3 Å². The molecule has 0 saturated carbocycles. The standard InChI is InChI=1S/C13H11F2NOS/c1-7-8(2)18-13(16-7)6-12(17)10-4-3-9(14)5-11(10)15/h3-5H,6H2,1-2H3. The molecule has 0 bridgehead atoms. The summed E-state index contributed by atoms with van der Waals surface area (Å²) in [6, 6.07) is 2.96. The van der Waals surface area contributed by atoms with E-state index >= 15 is 0 Å².